The second-order valence-corrected chi connectivity index (χ2v) is 4.81. The van der Waals surface area contributed by atoms with Gasteiger partial charge in [0.05, 0.1) is 30.7 Å². The van der Waals surface area contributed by atoms with Crippen molar-refractivity contribution in [1.82, 2.24) is 0 Å². The van der Waals surface area contributed by atoms with Crippen molar-refractivity contribution in [1.29, 1.82) is 0 Å². The van der Waals surface area contributed by atoms with Gasteiger partial charge in [-0.2, -0.15) is 0 Å². The molecular formula is C15H13ClN3O2-. The van der Waals surface area contributed by atoms with Gasteiger partial charge in [-0.3, -0.25) is 9.79 Å². The van der Waals surface area contributed by atoms with E-state index in [0.29, 0.717) is 5.76 Å². The van der Waals surface area contributed by atoms with Gasteiger partial charge in [0.2, 0.25) is 11.7 Å². The number of anilines is 2. The third-order valence-electron chi connectivity index (χ3n) is 3.62. The Balaban J connectivity index is 0.00000132. The monoisotopic (exact) mass is 302 g/mol. The maximum Gasteiger partial charge on any atom is 0.217 e. The molecule has 1 aromatic heterocycles. The molecule has 2 aromatic rings. The molecule has 108 valence electrons. The molecule has 0 radical (unpaired) electrons. The third kappa shape index (κ3) is 2.10. The molecule has 0 fully saturated rings. The molecule has 0 saturated heterocycles. The van der Waals surface area contributed by atoms with Gasteiger partial charge >= 0.3 is 0 Å². The number of hydrogen-bond acceptors (Lipinski definition) is 5. The highest BCUT2D eigenvalue weighted by Crippen LogP contribution is 2.38. The van der Waals surface area contributed by atoms with Crippen LogP contribution in [0.25, 0.3) is 0 Å². The highest BCUT2D eigenvalue weighted by Gasteiger charge is 2.36. The van der Waals surface area contributed by atoms with Gasteiger partial charge < -0.3 is 26.6 Å². The van der Waals surface area contributed by atoms with Gasteiger partial charge in [0.1, 0.15) is 0 Å². The minimum Gasteiger partial charge on any atom is -1.00 e. The average molecular weight is 303 g/mol. The lowest BCUT2D eigenvalue weighted by Gasteiger charge is -2.17. The first-order valence-corrected chi connectivity index (χ1v) is 6.60. The van der Waals surface area contributed by atoms with Crippen LogP contribution in [0.1, 0.15) is 10.6 Å². The first-order valence-electron chi connectivity index (χ1n) is 6.60. The van der Waals surface area contributed by atoms with Crippen molar-refractivity contribution >= 4 is 23.1 Å². The van der Waals surface area contributed by atoms with Crippen molar-refractivity contribution in [3.05, 3.63) is 48.4 Å². The number of fused-ring (bicyclic) bond motifs is 3. The fourth-order valence-electron chi connectivity index (χ4n) is 2.74. The Morgan fingerprint density at radius 2 is 2.00 bits per heavy atom. The molecule has 2 aliphatic rings. The number of nitrogens with zero attached hydrogens (tertiary/aromatic N) is 3. The van der Waals surface area contributed by atoms with Gasteiger partial charge in [0.15, 0.2) is 5.76 Å². The molecule has 1 aromatic carbocycles. The number of halogens is 1. The van der Waals surface area contributed by atoms with Crippen LogP contribution < -0.4 is 22.2 Å². The predicted octanol–water partition coefficient (Wildman–Crippen LogP) is -0.837. The summed E-state index contributed by atoms with van der Waals surface area (Å²) in [6.45, 7) is 1.90. The molecule has 21 heavy (non-hydrogen) atoms. The van der Waals surface area contributed by atoms with Crippen molar-refractivity contribution in [2.24, 2.45) is 4.99 Å². The molecule has 0 unspecified atom stereocenters. The molecule has 3 heterocycles. The Morgan fingerprint density at radius 3 is 2.76 bits per heavy atom. The van der Waals surface area contributed by atoms with Crippen LogP contribution in [0, 0.1) is 0 Å². The summed E-state index contributed by atoms with van der Waals surface area (Å²) in [5.74, 6) is 1.21. The number of furan rings is 1. The standard InChI is InChI=1S/C15H13N3O2.ClH/c19-13(14-6-3-9-20-14)10-18-12-5-2-1-4-11(12)17-8-7-16-15(17)18;/h1-6,9H,7-8,10H2;1H/p-1. The van der Waals surface area contributed by atoms with Crippen LogP contribution in [-0.4, -0.2) is 31.4 Å². The molecule has 0 amide bonds. The second-order valence-electron chi connectivity index (χ2n) is 4.81. The Labute approximate surface area is 128 Å². The highest BCUT2D eigenvalue weighted by molar-refractivity contribution is 6.19. The average Bonchev–Trinajstić information content (AvgIpc) is 3.17. The van der Waals surface area contributed by atoms with Crippen LogP contribution in [0.2, 0.25) is 0 Å². The largest absolute Gasteiger partial charge is 1.00 e. The summed E-state index contributed by atoms with van der Waals surface area (Å²) in [6.07, 6.45) is 1.52. The number of aliphatic imine (C=N–C) groups is 1. The normalized spacial score (nSPS) is 15.3. The third-order valence-corrected chi connectivity index (χ3v) is 3.62. The van der Waals surface area contributed by atoms with Gasteiger partial charge in [0, 0.05) is 6.54 Å². The van der Waals surface area contributed by atoms with Crippen LogP contribution in [0.3, 0.4) is 0 Å². The van der Waals surface area contributed by atoms with Crippen molar-refractivity contribution in [2.45, 2.75) is 0 Å². The first kappa shape index (κ1) is 13.7. The first-order chi connectivity index (χ1) is 9.84. The summed E-state index contributed by atoms with van der Waals surface area (Å²) in [6, 6.07) is 11.5. The predicted molar refractivity (Wildman–Crippen MR) is 76.5 cm³/mol. The molecule has 0 spiro atoms. The van der Waals surface area contributed by atoms with E-state index >= 15 is 0 Å². The van der Waals surface area contributed by atoms with Gasteiger partial charge in [0.25, 0.3) is 0 Å². The molecule has 5 nitrogen and oxygen atoms in total. The van der Waals surface area contributed by atoms with Crippen molar-refractivity contribution in [2.75, 3.05) is 29.4 Å². The van der Waals surface area contributed by atoms with Crippen molar-refractivity contribution < 1.29 is 21.6 Å². The lowest BCUT2D eigenvalue weighted by atomic mass is 10.2. The quantitative estimate of drug-likeness (QED) is 0.694. The Morgan fingerprint density at radius 1 is 1.19 bits per heavy atom. The van der Waals surface area contributed by atoms with Crippen LogP contribution in [0.15, 0.2) is 52.1 Å². The Hall–Kier alpha value is -2.27. The molecule has 0 N–H and O–H groups in total. The fraction of sp³-hybridized carbons (Fsp3) is 0.200. The number of guanidine groups is 1. The van der Waals surface area contributed by atoms with Crippen LogP contribution in [0.4, 0.5) is 11.4 Å². The minimum absolute atomic E-state index is 0. The van der Waals surface area contributed by atoms with E-state index in [1.165, 1.54) is 6.26 Å². The molecule has 0 aliphatic carbocycles. The number of ketones is 1. The Bertz CT molecular complexity index is 697. The maximum absolute atomic E-state index is 12.3. The van der Waals surface area contributed by atoms with Crippen LogP contribution in [-0.2, 0) is 0 Å². The van der Waals surface area contributed by atoms with E-state index in [-0.39, 0.29) is 24.7 Å². The maximum atomic E-state index is 12.3. The van der Waals surface area contributed by atoms with Crippen LogP contribution in [0.5, 0.6) is 0 Å². The number of rotatable bonds is 3. The SMILES string of the molecule is O=C(CN1C2=NCCN2c2ccccc21)c1ccco1.[Cl-]. The zero-order chi connectivity index (χ0) is 13.5. The lowest BCUT2D eigenvalue weighted by Crippen LogP contribution is -3.00. The number of benzene rings is 1. The number of Topliss-reactive ketones (excluding diaryl/α,β-unsaturated/α-hetero) is 1. The molecule has 0 saturated carbocycles. The molecule has 0 atom stereocenters. The zero-order valence-electron chi connectivity index (χ0n) is 11.2. The zero-order valence-corrected chi connectivity index (χ0v) is 12.0. The van der Waals surface area contributed by atoms with E-state index < -0.39 is 0 Å². The molecule has 0 bridgehead atoms. The topological polar surface area (TPSA) is 49.1 Å². The summed E-state index contributed by atoms with van der Waals surface area (Å²) in [4.78, 5) is 20.9. The minimum atomic E-state index is -0.0405. The summed E-state index contributed by atoms with van der Waals surface area (Å²) >= 11 is 0. The van der Waals surface area contributed by atoms with Gasteiger partial charge in [-0.1, -0.05) is 12.1 Å². The van der Waals surface area contributed by atoms with E-state index in [0.717, 1.165) is 30.4 Å². The highest BCUT2D eigenvalue weighted by atomic mass is 35.5. The molecular weight excluding hydrogens is 290 g/mol. The van der Waals surface area contributed by atoms with E-state index in [1.807, 2.05) is 23.1 Å². The summed E-state index contributed by atoms with van der Waals surface area (Å²) in [5.41, 5.74) is 2.15. The van der Waals surface area contributed by atoms with Crippen molar-refractivity contribution in [3.63, 3.8) is 0 Å². The fourth-order valence-corrected chi connectivity index (χ4v) is 2.74. The summed E-state index contributed by atoms with van der Waals surface area (Å²) in [5, 5.41) is 0. The van der Waals surface area contributed by atoms with E-state index in [1.54, 1.807) is 12.1 Å². The number of para-hydroxylation sites is 2. The van der Waals surface area contributed by atoms with Gasteiger partial charge in [-0.15, -0.1) is 0 Å². The second kappa shape index (κ2) is 5.26. The van der Waals surface area contributed by atoms with E-state index in [9.17, 15) is 4.79 Å². The molecule has 6 heteroatoms. The number of hydrogen-bond donors (Lipinski definition) is 0. The lowest BCUT2D eigenvalue weighted by molar-refractivity contribution is -0.0000117. The smallest absolute Gasteiger partial charge is 0.217 e. The van der Waals surface area contributed by atoms with Crippen LogP contribution >= 0.6 is 0 Å². The van der Waals surface area contributed by atoms with Gasteiger partial charge in [-0.05, 0) is 24.3 Å². The van der Waals surface area contributed by atoms with Gasteiger partial charge in [-0.25, -0.2) is 0 Å². The summed E-state index contributed by atoms with van der Waals surface area (Å²) < 4.78 is 5.18. The number of carbonyl (C=O) groups is 1. The van der Waals surface area contributed by atoms with E-state index in [2.05, 4.69) is 16.0 Å². The molecule has 2 aliphatic heterocycles. The molecule has 4 rings (SSSR count). The number of carbonyl (C=O) groups excluding carboxylic acids is 1. The summed E-state index contributed by atoms with van der Waals surface area (Å²) in [7, 11) is 0. The Kier molecular flexibility index (Phi) is 3.43. The van der Waals surface area contributed by atoms with Crippen molar-refractivity contribution in [3.8, 4) is 0 Å². The van der Waals surface area contributed by atoms with E-state index in [4.69, 9.17) is 4.42 Å².